The highest BCUT2D eigenvalue weighted by Crippen LogP contribution is 2.44. The fourth-order valence-electron chi connectivity index (χ4n) is 2.09. The van der Waals surface area contributed by atoms with Gasteiger partial charge in [-0.25, -0.2) is 0 Å². The summed E-state index contributed by atoms with van der Waals surface area (Å²) in [4.78, 5) is 10.5. The third-order valence-electron chi connectivity index (χ3n) is 3.72. The monoisotopic (exact) mass is 250 g/mol. The Labute approximate surface area is 106 Å². The van der Waals surface area contributed by atoms with Crippen LogP contribution in [0.5, 0.6) is 0 Å². The number of nitrogens with one attached hydrogen (secondary N) is 1. The second-order valence-electron chi connectivity index (χ2n) is 5.08. The standard InChI is InChI=1S/C13H18N2O3/c1-10-11(3-2-4-12(10)15(17)18)7-14-8-13(9-16)5-6-13/h2-4,14,16H,5-9H2,1H3. The molecule has 0 amide bonds. The SMILES string of the molecule is Cc1c(CNCC2(CO)CC2)cccc1[N+](=O)[O-]. The van der Waals surface area contributed by atoms with Gasteiger partial charge < -0.3 is 10.4 Å². The van der Waals surface area contributed by atoms with Crippen molar-refractivity contribution in [3.05, 3.63) is 39.4 Å². The molecule has 0 bridgehead atoms. The predicted molar refractivity (Wildman–Crippen MR) is 68.3 cm³/mol. The van der Waals surface area contributed by atoms with Crippen LogP contribution >= 0.6 is 0 Å². The average Bonchev–Trinajstić information content (AvgIpc) is 3.12. The molecule has 1 aliphatic rings. The first kappa shape index (κ1) is 13.0. The lowest BCUT2D eigenvalue weighted by Crippen LogP contribution is -2.26. The summed E-state index contributed by atoms with van der Waals surface area (Å²) >= 11 is 0. The maximum absolute atomic E-state index is 10.8. The molecule has 1 aromatic carbocycles. The van der Waals surface area contributed by atoms with E-state index in [2.05, 4.69) is 5.32 Å². The Kier molecular flexibility index (Phi) is 3.63. The van der Waals surface area contributed by atoms with Gasteiger partial charge in [-0.1, -0.05) is 12.1 Å². The molecule has 0 radical (unpaired) electrons. The fraction of sp³-hybridized carbons (Fsp3) is 0.538. The molecule has 2 N–H and O–H groups in total. The van der Waals surface area contributed by atoms with Crippen molar-refractivity contribution in [3.8, 4) is 0 Å². The molecular weight excluding hydrogens is 232 g/mol. The van der Waals surface area contributed by atoms with E-state index in [4.69, 9.17) is 0 Å². The Morgan fingerprint density at radius 2 is 2.22 bits per heavy atom. The van der Waals surface area contributed by atoms with Crippen LogP contribution in [0.2, 0.25) is 0 Å². The number of benzene rings is 1. The molecule has 1 aromatic rings. The van der Waals surface area contributed by atoms with Crippen LogP contribution in [0.1, 0.15) is 24.0 Å². The summed E-state index contributed by atoms with van der Waals surface area (Å²) in [5.74, 6) is 0. The normalized spacial score (nSPS) is 16.6. The minimum atomic E-state index is -0.352. The second-order valence-corrected chi connectivity index (χ2v) is 5.08. The van der Waals surface area contributed by atoms with Gasteiger partial charge in [0.1, 0.15) is 0 Å². The molecule has 0 heterocycles. The molecule has 1 aliphatic carbocycles. The smallest absolute Gasteiger partial charge is 0.272 e. The Morgan fingerprint density at radius 3 is 2.78 bits per heavy atom. The van der Waals surface area contributed by atoms with Crippen molar-refractivity contribution in [2.24, 2.45) is 5.41 Å². The van der Waals surface area contributed by atoms with Gasteiger partial charge in [0.25, 0.3) is 5.69 Å². The van der Waals surface area contributed by atoms with Crippen molar-refractivity contribution in [2.75, 3.05) is 13.2 Å². The van der Waals surface area contributed by atoms with E-state index in [9.17, 15) is 15.2 Å². The number of nitrogens with zero attached hydrogens (tertiary/aromatic N) is 1. The first-order valence-electron chi connectivity index (χ1n) is 6.12. The summed E-state index contributed by atoms with van der Waals surface area (Å²) in [5, 5.41) is 23.3. The Hall–Kier alpha value is -1.46. The number of nitro groups is 1. The molecule has 18 heavy (non-hydrogen) atoms. The summed E-state index contributed by atoms with van der Waals surface area (Å²) in [6.07, 6.45) is 2.12. The van der Waals surface area contributed by atoms with Crippen LogP contribution in [0.4, 0.5) is 5.69 Å². The molecule has 2 rings (SSSR count). The van der Waals surface area contributed by atoms with Crippen LogP contribution in [0.25, 0.3) is 0 Å². The zero-order valence-electron chi connectivity index (χ0n) is 10.5. The maximum atomic E-state index is 10.8. The molecule has 0 aromatic heterocycles. The van der Waals surface area contributed by atoms with Gasteiger partial charge in [-0.05, 0) is 25.3 Å². The topological polar surface area (TPSA) is 75.4 Å². The van der Waals surface area contributed by atoms with Gasteiger partial charge in [0.15, 0.2) is 0 Å². The number of nitro benzene ring substituents is 1. The van der Waals surface area contributed by atoms with E-state index in [1.807, 2.05) is 6.07 Å². The van der Waals surface area contributed by atoms with Gasteiger partial charge in [-0.15, -0.1) is 0 Å². The van der Waals surface area contributed by atoms with Gasteiger partial charge in [-0.2, -0.15) is 0 Å². The molecule has 0 aliphatic heterocycles. The molecule has 1 fully saturated rings. The van der Waals surface area contributed by atoms with E-state index in [-0.39, 0.29) is 22.6 Å². The molecule has 0 saturated heterocycles. The van der Waals surface area contributed by atoms with Gasteiger partial charge >= 0.3 is 0 Å². The van der Waals surface area contributed by atoms with Gasteiger partial charge in [0.05, 0.1) is 4.92 Å². The molecule has 0 spiro atoms. The van der Waals surface area contributed by atoms with E-state index in [1.165, 1.54) is 6.07 Å². The first-order chi connectivity index (χ1) is 8.58. The highest BCUT2D eigenvalue weighted by molar-refractivity contribution is 5.44. The minimum Gasteiger partial charge on any atom is -0.396 e. The van der Waals surface area contributed by atoms with E-state index in [1.54, 1.807) is 13.0 Å². The summed E-state index contributed by atoms with van der Waals surface area (Å²) in [7, 11) is 0. The molecule has 0 atom stereocenters. The molecule has 0 unspecified atom stereocenters. The van der Waals surface area contributed by atoms with Crippen molar-refractivity contribution in [1.29, 1.82) is 0 Å². The van der Waals surface area contributed by atoms with Crippen LogP contribution in [0, 0.1) is 22.5 Å². The van der Waals surface area contributed by atoms with Crippen LogP contribution in [-0.4, -0.2) is 23.2 Å². The lowest BCUT2D eigenvalue weighted by molar-refractivity contribution is -0.385. The lowest BCUT2D eigenvalue weighted by Gasteiger charge is -2.13. The molecular formula is C13H18N2O3. The van der Waals surface area contributed by atoms with Gasteiger partial charge in [0.2, 0.25) is 0 Å². The minimum absolute atomic E-state index is 0.0641. The van der Waals surface area contributed by atoms with Crippen LogP contribution in [0.15, 0.2) is 18.2 Å². The van der Waals surface area contributed by atoms with Crippen LogP contribution in [0.3, 0.4) is 0 Å². The third-order valence-corrected chi connectivity index (χ3v) is 3.72. The van der Waals surface area contributed by atoms with Gasteiger partial charge in [-0.3, -0.25) is 10.1 Å². The average molecular weight is 250 g/mol. The Bertz CT molecular complexity index is 456. The van der Waals surface area contributed by atoms with Gasteiger partial charge in [0, 0.05) is 36.7 Å². The van der Waals surface area contributed by atoms with E-state index < -0.39 is 0 Å². The number of aliphatic hydroxyl groups excluding tert-OH is 1. The molecule has 98 valence electrons. The van der Waals surface area contributed by atoms with Crippen LogP contribution in [-0.2, 0) is 6.54 Å². The summed E-state index contributed by atoms with van der Waals surface area (Å²) in [6.45, 7) is 3.36. The number of hydrogen-bond acceptors (Lipinski definition) is 4. The zero-order chi connectivity index (χ0) is 13.2. The highest BCUT2D eigenvalue weighted by Gasteiger charge is 2.41. The quantitative estimate of drug-likeness (QED) is 0.596. The number of aliphatic hydroxyl groups is 1. The number of hydrogen-bond donors (Lipinski definition) is 2. The van der Waals surface area contributed by atoms with E-state index >= 15 is 0 Å². The van der Waals surface area contributed by atoms with Crippen molar-refractivity contribution in [1.82, 2.24) is 5.32 Å². The number of rotatable bonds is 6. The Balaban J connectivity index is 1.97. The third kappa shape index (κ3) is 2.68. The van der Waals surface area contributed by atoms with Crippen molar-refractivity contribution >= 4 is 5.69 Å². The first-order valence-corrected chi connectivity index (χ1v) is 6.12. The fourth-order valence-corrected chi connectivity index (χ4v) is 2.09. The van der Waals surface area contributed by atoms with Crippen molar-refractivity contribution in [2.45, 2.75) is 26.3 Å². The van der Waals surface area contributed by atoms with Crippen LogP contribution < -0.4 is 5.32 Å². The molecule has 5 heteroatoms. The molecule has 1 saturated carbocycles. The Morgan fingerprint density at radius 1 is 1.50 bits per heavy atom. The molecule has 5 nitrogen and oxygen atoms in total. The summed E-state index contributed by atoms with van der Waals surface area (Å²) in [6, 6.07) is 5.13. The summed E-state index contributed by atoms with van der Waals surface area (Å²) < 4.78 is 0. The largest absolute Gasteiger partial charge is 0.396 e. The van der Waals surface area contributed by atoms with E-state index in [0.717, 1.165) is 24.9 Å². The highest BCUT2D eigenvalue weighted by atomic mass is 16.6. The summed E-state index contributed by atoms with van der Waals surface area (Å²) in [5.41, 5.74) is 1.88. The van der Waals surface area contributed by atoms with E-state index in [0.29, 0.717) is 12.1 Å². The zero-order valence-corrected chi connectivity index (χ0v) is 10.5. The lowest BCUT2D eigenvalue weighted by atomic mass is 10.1. The second kappa shape index (κ2) is 5.04. The predicted octanol–water partition coefficient (Wildman–Crippen LogP) is 1.77. The maximum Gasteiger partial charge on any atom is 0.272 e. The van der Waals surface area contributed by atoms with Crippen molar-refractivity contribution < 1.29 is 10.0 Å². The van der Waals surface area contributed by atoms with Crippen molar-refractivity contribution in [3.63, 3.8) is 0 Å².